The topological polar surface area (TPSA) is 116 Å². The van der Waals surface area contributed by atoms with Crippen LogP contribution >= 0.6 is 11.3 Å². The van der Waals surface area contributed by atoms with Gasteiger partial charge in [0.15, 0.2) is 0 Å². The second-order valence-corrected chi connectivity index (χ2v) is 7.49. The molecule has 10 heteroatoms. The standard InChI is InChI=1S/C17H20N4O5S/c1-9-15(21(24)25)10(2)20(19-9)8-13(22)18-16-14(17(23)26-3)11-6-4-5-7-12(11)27-16/h4-8H2,1-3H3,(H,18,22). The first kappa shape index (κ1) is 19.0. The Morgan fingerprint density at radius 2 is 2.04 bits per heavy atom. The van der Waals surface area contributed by atoms with Gasteiger partial charge in [-0.05, 0) is 45.1 Å². The highest BCUT2D eigenvalue weighted by Gasteiger charge is 2.28. The van der Waals surface area contributed by atoms with Crippen molar-refractivity contribution < 1.29 is 19.2 Å². The van der Waals surface area contributed by atoms with Crippen molar-refractivity contribution in [1.29, 1.82) is 0 Å². The molecule has 0 bridgehead atoms. The summed E-state index contributed by atoms with van der Waals surface area (Å²) in [7, 11) is 1.32. The normalized spacial score (nSPS) is 13.1. The van der Waals surface area contributed by atoms with E-state index in [0.29, 0.717) is 16.3 Å². The minimum Gasteiger partial charge on any atom is -0.465 e. The number of methoxy groups -OCH3 is 1. The van der Waals surface area contributed by atoms with E-state index < -0.39 is 16.8 Å². The molecule has 144 valence electrons. The molecule has 0 unspecified atom stereocenters. The molecule has 2 aromatic heterocycles. The van der Waals surface area contributed by atoms with Crippen LogP contribution < -0.4 is 5.32 Å². The SMILES string of the molecule is COC(=O)c1c(NC(=O)Cn2nc(C)c([N+](=O)[O-])c2C)sc2c1CCCC2. The molecule has 0 spiro atoms. The Kier molecular flexibility index (Phi) is 5.26. The number of hydrogen-bond acceptors (Lipinski definition) is 7. The first-order valence-electron chi connectivity index (χ1n) is 8.54. The molecule has 9 nitrogen and oxygen atoms in total. The van der Waals surface area contributed by atoms with Crippen LogP contribution in [0.2, 0.25) is 0 Å². The van der Waals surface area contributed by atoms with Gasteiger partial charge >= 0.3 is 11.7 Å². The number of hydrogen-bond donors (Lipinski definition) is 1. The van der Waals surface area contributed by atoms with Crippen molar-refractivity contribution in [2.75, 3.05) is 12.4 Å². The van der Waals surface area contributed by atoms with E-state index in [0.717, 1.165) is 36.1 Å². The molecule has 1 N–H and O–H groups in total. The molecule has 2 aromatic rings. The highest BCUT2D eigenvalue weighted by molar-refractivity contribution is 7.17. The van der Waals surface area contributed by atoms with E-state index in [1.807, 2.05) is 0 Å². The van der Waals surface area contributed by atoms with Gasteiger partial charge in [0.25, 0.3) is 0 Å². The van der Waals surface area contributed by atoms with Crippen LogP contribution in [0.4, 0.5) is 10.7 Å². The Bertz CT molecular complexity index is 930. The molecule has 0 saturated carbocycles. The second-order valence-electron chi connectivity index (χ2n) is 6.39. The average molecular weight is 392 g/mol. The minimum absolute atomic E-state index is 0.0929. The lowest BCUT2D eigenvalue weighted by Crippen LogP contribution is -2.21. The molecule has 1 aliphatic rings. The van der Waals surface area contributed by atoms with Crippen molar-refractivity contribution in [3.05, 3.63) is 37.5 Å². The Labute approximate surface area is 159 Å². The van der Waals surface area contributed by atoms with Crippen molar-refractivity contribution in [3.63, 3.8) is 0 Å². The van der Waals surface area contributed by atoms with Crippen LogP contribution in [-0.2, 0) is 28.9 Å². The predicted octanol–water partition coefficient (Wildman–Crippen LogP) is 2.77. The monoisotopic (exact) mass is 392 g/mol. The summed E-state index contributed by atoms with van der Waals surface area (Å²) in [4.78, 5) is 36.4. The molecular weight excluding hydrogens is 372 g/mol. The van der Waals surface area contributed by atoms with Gasteiger partial charge in [-0.25, -0.2) is 4.79 Å². The lowest BCUT2D eigenvalue weighted by molar-refractivity contribution is -0.386. The highest BCUT2D eigenvalue weighted by Crippen LogP contribution is 2.38. The van der Waals surface area contributed by atoms with Gasteiger partial charge in [0, 0.05) is 4.88 Å². The summed E-state index contributed by atoms with van der Waals surface area (Å²) in [6, 6.07) is 0. The third-order valence-corrected chi connectivity index (χ3v) is 5.84. The van der Waals surface area contributed by atoms with Crippen molar-refractivity contribution in [2.45, 2.75) is 46.1 Å². The molecule has 0 atom stereocenters. The van der Waals surface area contributed by atoms with Crippen LogP contribution in [0.3, 0.4) is 0 Å². The van der Waals surface area contributed by atoms with Gasteiger partial charge in [-0.2, -0.15) is 5.10 Å². The smallest absolute Gasteiger partial charge is 0.341 e. The number of nitrogens with zero attached hydrogens (tertiary/aromatic N) is 3. The fourth-order valence-electron chi connectivity index (χ4n) is 3.38. The van der Waals surface area contributed by atoms with Gasteiger partial charge < -0.3 is 10.1 Å². The van der Waals surface area contributed by atoms with Crippen molar-refractivity contribution in [1.82, 2.24) is 9.78 Å². The largest absolute Gasteiger partial charge is 0.465 e. The van der Waals surface area contributed by atoms with E-state index in [-0.39, 0.29) is 17.9 Å². The van der Waals surface area contributed by atoms with E-state index in [9.17, 15) is 19.7 Å². The maximum absolute atomic E-state index is 12.5. The van der Waals surface area contributed by atoms with Gasteiger partial charge in [-0.3, -0.25) is 19.6 Å². The zero-order valence-electron chi connectivity index (χ0n) is 15.3. The number of aromatic nitrogens is 2. The fraction of sp³-hybridized carbons (Fsp3) is 0.471. The molecule has 1 aliphatic carbocycles. The molecule has 27 heavy (non-hydrogen) atoms. The number of ether oxygens (including phenoxy) is 1. The number of carbonyl (C=O) groups is 2. The van der Waals surface area contributed by atoms with E-state index in [1.165, 1.54) is 30.1 Å². The summed E-state index contributed by atoms with van der Waals surface area (Å²) >= 11 is 1.39. The van der Waals surface area contributed by atoms with Crippen LogP contribution in [0.1, 0.15) is 45.0 Å². The Balaban J connectivity index is 1.85. The predicted molar refractivity (Wildman–Crippen MR) is 99.3 cm³/mol. The van der Waals surface area contributed by atoms with Gasteiger partial charge in [-0.15, -0.1) is 11.3 Å². The number of nitrogens with one attached hydrogen (secondary N) is 1. The molecule has 0 aromatic carbocycles. The first-order chi connectivity index (χ1) is 12.8. The summed E-state index contributed by atoms with van der Waals surface area (Å²) in [5.74, 6) is -0.870. The van der Waals surface area contributed by atoms with Gasteiger partial charge in [0.2, 0.25) is 5.91 Å². The number of nitro groups is 1. The molecular formula is C17H20N4O5S. The molecule has 3 rings (SSSR count). The highest BCUT2D eigenvalue weighted by atomic mass is 32.1. The number of amides is 1. The summed E-state index contributed by atoms with van der Waals surface area (Å²) in [5.41, 5.74) is 1.85. The number of esters is 1. The van der Waals surface area contributed by atoms with Crippen LogP contribution in [0.25, 0.3) is 0 Å². The molecule has 0 fully saturated rings. The lowest BCUT2D eigenvalue weighted by Gasteiger charge is -2.11. The Morgan fingerprint density at radius 1 is 1.33 bits per heavy atom. The minimum atomic E-state index is -0.505. The van der Waals surface area contributed by atoms with Crippen LogP contribution in [-0.4, -0.2) is 33.7 Å². The summed E-state index contributed by atoms with van der Waals surface area (Å²) in [6.45, 7) is 2.90. The van der Waals surface area contributed by atoms with E-state index in [2.05, 4.69) is 10.4 Å². The molecule has 0 radical (unpaired) electrons. The van der Waals surface area contributed by atoms with Crippen LogP contribution in [0.5, 0.6) is 0 Å². The molecule has 0 aliphatic heterocycles. The first-order valence-corrected chi connectivity index (χ1v) is 9.36. The van der Waals surface area contributed by atoms with E-state index >= 15 is 0 Å². The quantitative estimate of drug-likeness (QED) is 0.475. The van der Waals surface area contributed by atoms with Gasteiger partial charge in [0.05, 0.1) is 17.6 Å². The number of carbonyl (C=O) groups excluding carboxylic acids is 2. The average Bonchev–Trinajstić information content (AvgIpc) is 3.10. The lowest BCUT2D eigenvalue weighted by atomic mass is 9.95. The van der Waals surface area contributed by atoms with Crippen LogP contribution in [0.15, 0.2) is 0 Å². The summed E-state index contributed by atoms with van der Waals surface area (Å²) in [5, 5.41) is 18.4. The number of thiophene rings is 1. The number of fused-ring (bicyclic) bond motifs is 1. The Morgan fingerprint density at radius 3 is 2.67 bits per heavy atom. The molecule has 1 amide bonds. The van der Waals surface area contributed by atoms with Crippen molar-refractivity contribution >= 4 is 33.9 Å². The van der Waals surface area contributed by atoms with E-state index in [1.54, 1.807) is 6.92 Å². The second kappa shape index (κ2) is 7.47. The summed E-state index contributed by atoms with van der Waals surface area (Å²) in [6.07, 6.45) is 3.72. The molecule has 0 saturated heterocycles. The van der Waals surface area contributed by atoms with Gasteiger partial charge in [-0.1, -0.05) is 0 Å². The van der Waals surface area contributed by atoms with Crippen LogP contribution in [0, 0.1) is 24.0 Å². The third-order valence-electron chi connectivity index (χ3n) is 4.63. The van der Waals surface area contributed by atoms with Crippen molar-refractivity contribution in [2.24, 2.45) is 0 Å². The van der Waals surface area contributed by atoms with Gasteiger partial charge in [0.1, 0.15) is 22.9 Å². The Hall–Kier alpha value is -2.75. The van der Waals surface area contributed by atoms with E-state index in [4.69, 9.17) is 4.74 Å². The number of aryl methyl sites for hydroxylation is 2. The number of anilines is 1. The fourth-order valence-corrected chi connectivity index (χ4v) is 4.67. The third kappa shape index (κ3) is 3.57. The summed E-state index contributed by atoms with van der Waals surface area (Å²) < 4.78 is 6.19. The maximum atomic E-state index is 12.5. The number of rotatable bonds is 5. The molecule has 2 heterocycles. The van der Waals surface area contributed by atoms with Crippen molar-refractivity contribution in [3.8, 4) is 0 Å². The zero-order chi connectivity index (χ0) is 19.7. The zero-order valence-corrected chi connectivity index (χ0v) is 16.1. The maximum Gasteiger partial charge on any atom is 0.341 e.